The van der Waals surface area contributed by atoms with Gasteiger partial charge >= 0.3 is 0 Å². The molecule has 3 N–H and O–H groups in total. The number of rotatable bonds is 4. The molecule has 0 saturated heterocycles. The molecule has 0 radical (unpaired) electrons. The van der Waals surface area contributed by atoms with Crippen LogP contribution in [0.25, 0.3) is 0 Å². The summed E-state index contributed by atoms with van der Waals surface area (Å²) < 4.78 is 5.37. The standard InChI is InChI=1S/C14H16N4OS/c1-19-12-5-3-2-4-9(12)6-13-16-11-8-20-7-10(11)14(17-13)18-15/h2-5H,6-8,15H2,1H3,(H,16,17,18). The molecule has 0 unspecified atom stereocenters. The number of nitrogens with two attached hydrogens (primary N) is 1. The second-order valence-electron chi connectivity index (χ2n) is 4.54. The van der Waals surface area contributed by atoms with E-state index < -0.39 is 0 Å². The van der Waals surface area contributed by atoms with Crippen LogP contribution in [0.1, 0.15) is 22.6 Å². The molecule has 3 rings (SSSR count). The molecule has 1 aliphatic heterocycles. The van der Waals surface area contributed by atoms with Gasteiger partial charge in [-0.1, -0.05) is 18.2 Å². The maximum absolute atomic E-state index is 5.57. The highest BCUT2D eigenvalue weighted by Gasteiger charge is 2.19. The van der Waals surface area contributed by atoms with E-state index in [0.717, 1.165) is 45.7 Å². The normalized spacial score (nSPS) is 13.1. The summed E-state index contributed by atoms with van der Waals surface area (Å²) in [7, 11) is 1.67. The Morgan fingerprint density at radius 1 is 1.30 bits per heavy atom. The number of benzene rings is 1. The van der Waals surface area contributed by atoms with Crippen LogP contribution in [0.15, 0.2) is 24.3 Å². The van der Waals surface area contributed by atoms with Gasteiger partial charge in [0.05, 0.1) is 12.8 Å². The quantitative estimate of drug-likeness (QED) is 0.663. The van der Waals surface area contributed by atoms with E-state index in [1.54, 1.807) is 7.11 Å². The zero-order valence-corrected chi connectivity index (χ0v) is 12.0. The minimum Gasteiger partial charge on any atom is -0.496 e. The number of thioether (sulfide) groups is 1. The summed E-state index contributed by atoms with van der Waals surface area (Å²) in [5.41, 5.74) is 5.97. The average Bonchev–Trinajstić information content (AvgIpc) is 2.95. The molecule has 20 heavy (non-hydrogen) atoms. The fourth-order valence-electron chi connectivity index (χ4n) is 2.32. The van der Waals surface area contributed by atoms with Crippen molar-refractivity contribution in [3.63, 3.8) is 0 Å². The highest BCUT2D eigenvalue weighted by molar-refractivity contribution is 7.98. The van der Waals surface area contributed by atoms with E-state index in [4.69, 9.17) is 10.6 Å². The molecule has 0 fully saturated rings. The molecule has 2 heterocycles. The Morgan fingerprint density at radius 3 is 2.95 bits per heavy atom. The highest BCUT2D eigenvalue weighted by atomic mass is 32.2. The molecular weight excluding hydrogens is 272 g/mol. The first-order valence-corrected chi connectivity index (χ1v) is 7.52. The predicted octanol–water partition coefficient (Wildman–Crippen LogP) is 2.11. The number of hydrogen-bond donors (Lipinski definition) is 2. The van der Waals surface area contributed by atoms with E-state index in [0.29, 0.717) is 6.42 Å². The second kappa shape index (κ2) is 5.68. The van der Waals surface area contributed by atoms with Crippen LogP contribution in [-0.4, -0.2) is 17.1 Å². The summed E-state index contributed by atoms with van der Waals surface area (Å²) in [6.45, 7) is 0. The number of ether oxygens (including phenoxy) is 1. The number of hydrazine groups is 1. The van der Waals surface area contributed by atoms with Gasteiger partial charge in [-0.05, 0) is 6.07 Å². The number of methoxy groups -OCH3 is 1. The Balaban J connectivity index is 1.95. The maximum Gasteiger partial charge on any atom is 0.148 e. The number of nitrogens with one attached hydrogen (secondary N) is 1. The summed E-state index contributed by atoms with van der Waals surface area (Å²) in [6, 6.07) is 7.92. The number of nitrogens with zero attached hydrogens (tertiary/aromatic N) is 2. The lowest BCUT2D eigenvalue weighted by Crippen LogP contribution is -2.14. The largest absolute Gasteiger partial charge is 0.496 e. The maximum atomic E-state index is 5.57. The van der Waals surface area contributed by atoms with Crippen LogP contribution in [0, 0.1) is 0 Å². The van der Waals surface area contributed by atoms with E-state index in [9.17, 15) is 0 Å². The molecule has 0 spiro atoms. The molecule has 0 saturated carbocycles. The molecular formula is C14H16N4OS. The number of hydrogen-bond acceptors (Lipinski definition) is 6. The van der Waals surface area contributed by atoms with E-state index in [1.807, 2.05) is 36.0 Å². The minimum atomic E-state index is 0.636. The molecule has 104 valence electrons. The fourth-order valence-corrected chi connectivity index (χ4v) is 3.36. The van der Waals surface area contributed by atoms with Gasteiger partial charge in [0.2, 0.25) is 0 Å². The van der Waals surface area contributed by atoms with Crippen LogP contribution < -0.4 is 16.0 Å². The van der Waals surface area contributed by atoms with Crippen LogP contribution in [0.2, 0.25) is 0 Å². The highest BCUT2D eigenvalue weighted by Crippen LogP contribution is 2.33. The molecule has 2 aromatic rings. The van der Waals surface area contributed by atoms with Gasteiger partial charge in [0, 0.05) is 29.1 Å². The Kier molecular flexibility index (Phi) is 3.75. The zero-order valence-electron chi connectivity index (χ0n) is 11.2. The van der Waals surface area contributed by atoms with Gasteiger partial charge in [-0.25, -0.2) is 15.8 Å². The first-order chi connectivity index (χ1) is 9.81. The second-order valence-corrected chi connectivity index (χ2v) is 5.53. The first kappa shape index (κ1) is 13.2. The summed E-state index contributed by atoms with van der Waals surface area (Å²) >= 11 is 1.83. The fraction of sp³-hybridized carbons (Fsp3) is 0.286. The van der Waals surface area contributed by atoms with Crippen LogP contribution >= 0.6 is 11.8 Å². The lowest BCUT2D eigenvalue weighted by molar-refractivity contribution is 0.410. The predicted molar refractivity (Wildman–Crippen MR) is 80.6 cm³/mol. The third-order valence-electron chi connectivity index (χ3n) is 3.30. The minimum absolute atomic E-state index is 0.636. The van der Waals surface area contributed by atoms with E-state index in [-0.39, 0.29) is 0 Å². The van der Waals surface area contributed by atoms with Gasteiger partial charge in [-0.2, -0.15) is 11.8 Å². The van der Waals surface area contributed by atoms with Crippen molar-refractivity contribution in [1.29, 1.82) is 0 Å². The van der Waals surface area contributed by atoms with Crippen LogP contribution in [0.4, 0.5) is 5.82 Å². The zero-order chi connectivity index (χ0) is 13.9. The van der Waals surface area contributed by atoms with Crippen molar-refractivity contribution in [2.75, 3.05) is 12.5 Å². The van der Waals surface area contributed by atoms with Gasteiger partial charge in [-0.3, -0.25) is 0 Å². The SMILES string of the molecule is COc1ccccc1Cc1nc2c(c(NN)n1)CSC2. The molecule has 1 aromatic carbocycles. The van der Waals surface area contributed by atoms with Crippen molar-refractivity contribution in [1.82, 2.24) is 9.97 Å². The molecule has 5 nitrogen and oxygen atoms in total. The molecule has 0 amide bonds. The average molecular weight is 288 g/mol. The third-order valence-corrected chi connectivity index (χ3v) is 4.27. The molecule has 0 atom stereocenters. The van der Waals surface area contributed by atoms with Crippen molar-refractivity contribution in [2.45, 2.75) is 17.9 Å². The van der Waals surface area contributed by atoms with Gasteiger partial charge in [0.25, 0.3) is 0 Å². The third kappa shape index (κ3) is 2.44. The van der Waals surface area contributed by atoms with Crippen LogP contribution in [-0.2, 0) is 17.9 Å². The van der Waals surface area contributed by atoms with Crippen molar-refractivity contribution in [3.8, 4) is 5.75 Å². The first-order valence-electron chi connectivity index (χ1n) is 6.36. The number of aromatic nitrogens is 2. The summed E-state index contributed by atoms with van der Waals surface area (Å²) in [5.74, 6) is 9.77. The Morgan fingerprint density at radius 2 is 2.15 bits per heavy atom. The topological polar surface area (TPSA) is 73.1 Å². The van der Waals surface area contributed by atoms with E-state index in [1.165, 1.54) is 0 Å². The molecule has 6 heteroatoms. The number of anilines is 1. The molecule has 1 aromatic heterocycles. The van der Waals surface area contributed by atoms with E-state index in [2.05, 4.69) is 15.4 Å². The van der Waals surface area contributed by atoms with Crippen molar-refractivity contribution >= 4 is 17.6 Å². The van der Waals surface area contributed by atoms with Crippen molar-refractivity contribution in [3.05, 3.63) is 46.9 Å². The summed E-state index contributed by atoms with van der Waals surface area (Å²) in [6.07, 6.45) is 0.636. The molecule has 1 aliphatic rings. The van der Waals surface area contributed by atoms with Gasteiger partial charge in [0.1, 0.15) is 17.4 Å². The lowest BCUT2D eigenvalue weighted by Gasteiger charge is -2.10. The lowest BCUT2D eigenvalue weighted by atomic mass is 10.1. The number of para-hydroxylation sites is 1. The van der Waals surface area contributed by atoms with Gasteiger partial charge in [-0.15, -0.1) is 0 Å². The van der Waals surface area contributed by atoms with Crippen molar-refractivity contribution < 1.29 is 4.74 Å². The van der Waals surface area contributed by atoms with Crippen molar-refractivity contribution in [2.24, 2.45) is 5.84 Å². The smallest absolute Gasteiger partial charge is 0.148 e. The van der Waals surface area contributed by atoms with Gasteiger partial charge in [0.15, 0.2) is 0 Å². The summed E-state index contributed by atoms with van der Waals surface area (Å²) in [5, 5.41) is 0. The Hall–Kier alpha value is -1.79. The number of nitrogen functional groups attached to an aromatic ring is 1. The van der Waals surface area contributed by atoms with Gasteiger partial charge < -0.3 is 10.2 Å². The summed E-state index contributed by atoms with van der Waals surface area (Å²) in [4.78, 5) is 9.17. The molecule has 0 aliphatic carbocycles. The van der Waals surface area contributed by atoms with E-state index >= 15 is 0 Å². The molecule has 0 bridgehead atoms. The Labute approximate surface area is 121 Å². The monoisotopic (exact) mass is 288 g/mol. The Bertz CT molecular complexity index is 633. The van der Waals surface area contributed by atoms with Crippen LogP contribution in [0.3, 0.4) is 0 Å². The number of fused-ring (bicyclic) bond motifs is 1. The van der Waals surface area contributed by atoms with Crippen LogP contribution in [0.5, 0.6) is 5.75 Å².